The summed E-state index contributed by atoms with van der Waals surface area (Å²) in [5.41, 5.74) is 14.1. The molecule has 15 heteroatoms. The van der Waals surface area contributed by atoms with Crippen LogP contribution in [0.4, 0.5) is 11.6 Å². The van der Waals surface area contributed by atoms with E-state index in [1.165, 1.54) is 11.1 Å². The number of halogens is 1. The van der Waals surface area contributed by atoms with Gasteiger partial charge in [-0.3, -0.25) is 14.4 Å². The van der Waals surface area contributed by atoms with Crippen LogP contribution >= 0.6 is 11.6 Å². The number of rotatable bonds is 23. The fraction of sp³-hybridized carbons (Fsp3) is 0.558. The lowest BCUT2D eigenvalue weighted by Gasteiger charge is -2.45. The molecule has 2 atom stereocenters. The van der Waals surface area contributed by atoms with Crippen LogP contribution in [-0.4, -0.2) is 148 Å². The zero-order valence-electron chi connectivity index (χ0n) is 35.5. The number of likely N-dealkylation sites (N-methyl/N-ethyl adjacent to an activating group) is 1. The maximum Gasteiger partial charge on any atom is 0.274 e. The van der Waals surface area contributed by atoms with Gasteiger partial charge in [0, 0.05) is 25.7 Å². The third-order valence-corrected chi connectivity index (χ3v) is 10.7. The zero-order chi connectivity index (χ0) is 42.3. The number of aromatic nitrogens is 2. The zero-order valence-corrected chi connectivity index (χ0v) is 36.3. The highest BCUT2D eigenvalue weighted by atomic mass is 35.5. The van der Waals surface area contributed by atoms with Crippen molar-refractivity contribution in [2.24, 2.45) is 0 Å². The molecule has 4 rings (SSSR count). The van der Waals surface area contributed by atoms with Gasteiger partial charge in [-0.2, -0.15) is 0 Å². The topological polar surface area (TPSA) is 172 Å². The van der Waals surface area contributed by atoms with Gasteiger partial charge in [0.2, 0.25) is 0 Å². The first-order valence-electron chi connectivity index (χ1n) is 20.5. The van der Waals surface area contributed by atoms with Crippen molar-refractivity contribution in [3.63, 3.8) is 0 Å². The summed E-state index contributed by atoms with van der Waals surface area (Å²) in [7, 11) is 12.6. The van der Waals surface area contributed by atoms with Gasteiger partial charge < -0.3 is 45.0 Å². The van der Waals surface area contributed by atoms with Crippen molar-refractivity contribution >= 4 is 40.8 Å². The monoisotopic (exact) mass is 824 g/mol. The second-order valence-corrected chi connectivity index (χ2v) is 18.1. The molecule has 0 bridgehead atoms. The molecule has 2 heterocycles. The first-order valence-corrected chi connectivity index (χ1v) is 20.8. The highest BCUT2D eigenvalue weighted by Gasteiger charge is 2.35. The second-order valence-electron chi connectivity index (χ2n) is 17.7. The fourth-order valence-electron chi connectivity index (χ4n) is 7.28. The van der Waals surface area contributed by atoms with Gasteiger partial charge in [-0.25, -0.2) is 9.97 Å². The molecular formula is C43H67ClN9O5+3. The molecule has 14 nitrogen and oxygen atoms in total. The maximum absolute atomic E-state index is 13.3. The molecule has 2 unspecified atom stereocenters. The number of hydrogen-bond acceptors (Lipinski definition) is 9. The number of nitrogens with zero attached hydrogens (tertiary/aromatic N) is 5. The van der Waals surface area contributed by atoms with E-state index in [2.05, 4.69) is 87.2 Å². The molecule has 2 aromatic carbocycles. The molecule has 1 aliphatic heterocycles. The van der Waals surface area contributed by atoms with Crippen molar-refractivity contribution in [2.45, 2.75) is 57.4 Å². The van der Waals surface area contributed by atoms with Crippen molar-refractivity contribution in [1.29, 1.82) is 0 Å². The molecule has 1 fully saturated rings. The van der Waals surface area contributed by atoms with Crippen molar-refractivity contribution in [1.82, 2.24) is 20.6 Å². The number of likely N-dealkylation sites (tertiary alicyclic amines) is 1. The first-order chi connectivity index (χ1) is 27.4. The highest BCUT2D eigenvalue weighted by Crippen LogP contribution is 2.25. The van der Waals surface area contributed by atoms with E-state index in [-0.39, 0.29) is 53.4 Å². The molecule has 0 saturated carbocycles. The molecule has 1 aromatic heterocycles. The summed E-state index contributed by atoms with van der Waals surface area (Å²) in [6, 6.07) is 15.9. The quantitative estimate of drug-likeness (QED) is 0.104. The number of hydrogen-bond donors (Lipinski definition) is 4. The van der Waals surface area contributed by atoms with Crippen LogP contribution in [0.3, 0.4) is 0 Å². The minimum Gasteiger partial charge on any atom is -0.486 e. The Morgan fingerprint density at radius 3 is 1.93 bits per heavy atom. The maximum atomic E-state index is 13.3. The Labute approximate surface area is 350 Å². The lowest BCUT2D eigenvalue weighted by atomic mass is 9.99. The number of amides is 2. The number of ether oxygens (including phenoxy) is 2. The van der Waals surface area contributed by atoms with Gasteiger partial charge in [0.1, 0.15) is 18.1 Å². The average molecular weight is 826 g/mol. The van der Waals surface area contributed by atoms with Gasteiger partial charge in [0.15, 0.2) is 34.9 Å². The minimum atomic E-state index is -0.408. The van der Waals surface area contributed by atoms with E-state index in [9.17, 15) is 14.4 Å². The third kappa shape index (κ3) is 16.4. The summed E-state index contributed by atoms with van der Waals surface area (Å²) in [4.78, 5) is 46.0. The molecule has 2 amide bonds. The van der Waals surface area contributed by atoms with Crippen molar-refractivity contribution in [2.75, 3.05) is 113 Å². The largest absolute Gasteiger partial charge is 0.486 e. The number of quaternary nitrogens is 3. The molecule has 0 aliphatic carbocycles. The minimum absolute atomic E-state index is 0.0148. The van der Waals surface area contributed by atoms with Gasteiger partial charge in [0.05, 0.1) is 94.1 Å². The van der Waals surface area contributed by atoms with Gasteiger partial charge in [-0.1, -0.05) is 35.9 Å². The predicted octanol–water partition coefficient (Wildman–Crippen LogP) is 3.90. The number of carbonyl (C=O) groups excluding carboxylic acids is 3. The highest BCUT2D eigenvalue weighted by molar-refractivity contribution is 6.31. The first kappa shape index (κ1) is 46.2. The van der Waals surface area contributed by atoms with E-state index in [0.29, 0.717) is 24.5 Å². The van der Waals surface area contributed by atoms with Gasteiger partial charge >= 0.3 is 0 Å². The average Bonchev–Trinajstić information content (AvgIpc) is 3.15. The Kier molecular flexibility index (Phi) is 17.1. The number of piperidine rings is 1. The van der Waals surface area contributed by atoms with Crippen LogP contribution in [0, 0.1) is 0 Å². The number of nitrogen functional groups attached to an aromatic ring is 2. The molecule has 58 heavy (non-hydrogen) atoms. The van der Waals surface area contributed by atoms with Crippen LogP contribution in [-0.2, 0) is 22.4 Å². The van der Waals surface area contributed by atoms with E-state index >= 15 is 0 Å². The Morgan fingerprint density at radius 1 is 0.793 bits per heavy atom. The van der Waals surface area contributed by atoms with Crippen LogP contribution in [0.2, 0.25) is 5.15 Å². The van der Waals surface area contributed by atoms with Gasteiger partial charge in [0.25, 0.3) is 11.8 Å². The Balaban J connectivity index is 1.33. The Bertz CT molecular complexity index is 1710. The summed E-state index contributed by atoms with van der Waals surface area (Å²) in [5.74, 6) is 0.872. The van der Waals surface area contributed by atoms with Crippen molar-refractivity contribution in [3.8, 4) is 11.5 Å². The molecular weight excluding hydrogens is 758 g/mol. The fourth-order valence-corrected chi connectivity index (χ4v) is 7.41. The number of benzene rings is 2. The summed E-state index contributed by atoms with van der Waals surface area (Å²) in [5, 5.41) is 6.02. The number of aryl methyl sites for hydroxylation is 2. The number of anilines is 2. The molecule has 0 spiro atoms. The molecule has 1 saturated heterocycles. The predicted molar refractivity (Wildman–Crippen MR) is 230 cm³/mol. The number of nitrogens with one attached hydrogen (secondary N) is 2. The number of Topliss-reactive ketones (excluding diaryl/α,β-unsaturated/α-hetero) is 1. The number of ketones is 1. The number of carbonyl (C=O) groups is 3. The summed E-state index contributed by atoms with van der Waals surface area (Å²) >= 11 is 6.08. The molecule has 318 valence electrons. The van der Waals surface area contributed by atoms with Crippen LogP contribution in [0.5, 0.6) is 11.5 Å². The van der Waals surface area contributed by atoms with Crippen molar-refractivity contribution < 1.29 is 37.3 Å². The second kappa shape index (κ2) is 21.5. The van der Waals surface area contributed by atoms with E-state index in [1.54, 1.807) is 0 Å². The number of nitrogens with two attached hydrogens (primary N) is 2. The van der Waals surface area contributed by atoms with Crippen LogP contribution in [0.1, 0.15) is 60.1 Å². The smallest absolute Gasteiger partial charge is 0.274 e. The van der Waals surface area contributed by atoms with Crippen LogP contribution in [0.25, 0.3) is 0 Å². The van der Waals surface area contributed by atoms with Gasteiger partial charge in [-0.15, -0.1) is 0 Å². The standard InChI is InChI=1S/C43H65ClN9O5/c1-51(2,3)24-10-14-35(54)30-57-36-19-15-32(16-20-36)11-7-25-53(27-9-13-34(29-53)48-43(56)39-41(45)50-42(46)40(44)49-39)26-8-12-33-17-21-37(22-18-33)58-31-38(55)47-23-28-52(4,5)6/h15-22,34H,7-14,23-31H2,1-6H3,(H4-2,45,46,47,48,50,55,56)/q+1/p+2. The Hall–Kier alpha value is -4.50. The molecule has 6 N–H and O–H groups in total. The summed E-state index contributed by atoms with van der Waals surface area (Å²) in [6.45, 7) is 6.15. The molecule has 3 aromatic rings. The van der Waals surface area contributed by atoms with E-state index < -0.39 is 5.91 Å². The third-order valence-electron chi connectivity index (χ3n) is 10.4. The SMILES string of the molecule is C[N+](C)(C)CCCC(=O)COc1ccc(CCC[N+]2(CCCc3ccc(OCC(=O)NCC[N+](C)(C)C)cc3)CCCC(NC(=O)c3nc(Cl)c(N)nc3N)C2)cc1. The summed E-state index contributed by atoms with van der Waals surface area (Å²) < 4.78 is 14.0. The van der Waals surface area contributed by atoms with Gasteiger partial charge in [-0.05, 0) is 61.1 Å². The molecule has 1 aliphatic rings. The lowest BCUT2D eigenvalue weighted by Crippen LogP contribution is -2.60. The molecule has 0 radical (unpaired) electrons. The van der Waals surface area contributed by atoms with E-state index in [0.717, 1.165) is 97.7 Å². The van der Waals surface area contributed by atoms with E-state index in [4.69, 9.17) is 32.5 Å². The lowest BCUT2D eigenvalue weighted by molar-refractivity contribution is -0.933. The normalized spacial score (nSPS) is 17.1. The van der Waals surface area contributed by atoms with Crippen LogP contribution in [0.15, 0.2) is 48.5 Å². The Morgan fingerprint density at radius 2 is 1.36 bits per heavy atom. The van der Waals surface area contributed by atoms with E-state index in [1.807, 2.05) is 24.3 Å². The van der Waals surface area contributed by atoms with Crippen LogP contribution < -0.4 is 31.6 Å². The van der Waals surface area contributed by atoms with Crippen molar-refractivity contribution in [3.05, 3.63) is 70.5 Å². The summed E-state index contributed by atoms with van der Waals surface area (Å²) in [6.07, 6.45) is 6.89.